The summed E-state index contributed by atoms with van der Waals surface area (Å²) in [5.41, 5.74) is 0. The van der Waals surface area contributed by atoms with Crippen molar-refractivity contribution in [3.63, 3.8) is 0 Å². The topological polar surface area (TPSA) is 35.5 Å². The van der Waals surface area contributed by atoms with Gasteiger partial charge in [-0.1, -0.05) is 104 Å². The molecule has 0 radical (unpaired) electrons. The number of rotatable bonds is 18. The van der Waals surface area contributed by atoms with Crippen molar-refractivity contribution in [3.05, 3.63) is 0 Å². The fourth-order valence-electron chi connectivity index (χ4n) is 3.85. The number of carbonyl (C=O) groups is 1. The van der Waals surface area contributed by atoms with Gasteiger partial charge in [-0.25, -0.2) is 0 Å². The Kier molecular flexibility index (Phi) is 14.9. The predicted molar refractivity (Wildman–Crippen MR) is 114 cm³/mol. The average Bonchev–Trinajstić information content (AvgIpc) is 2.67. The van der Waals surface area contributed by atoms with Gasteiger partial charge in [0.1, 0.15) is 0 Å². The summed E-state index contributed by atoms with van der Waals surface area (Å²) in [5.74, 6) is 0.457. The van der Waals surface area contributed by atoms with Gasteiger partial charge in [0.25, 0.3) is 0 Å². The number of carbonyl (C=O) groups excluding carboxylic acids is 1. The summed E-state index contributed by atoms with van der Waals surface area (Å²) in [4.78, 5) is 12.0. The van der Waals surface area contributed by atoms with Crippen LogP contribution < -0.4 is 0 Å². The van der Waals surface area contributed by atoms with Crippen LogP contribution in [-0.4, -0.2) is 24.8 Å². The van der Waals surface area contributed by atoms with E-state index in [4.69, 9.17) is 9.47 Å². The first-order chi connectivity index (χ1) is 13.2. The van der Waals surface area contributed by atoms with E-state index in [1.807, 2.05) is 6.92 Å². The molecule has 0 aromatic heterocycles. The van der Waals surface area contributed by atoms with E-state index in [0.717, 1.165) is 6.42 Å². The summed E-state index contributed by atoms with van der Waals surface area (Å²) in [6.07, 6.45) is 20.9. The Hall–Kier alpha value is -0.570. The first-order valence-electron chi connectivity index (χ1n) is 12.0. The van der Waals surface area contributed by atoms with Crippen molar-refractivity contribution >= 4 is 5.97 Å². The fourth-order valence-corrected chi connectivity index (χ4v) is 3.85. The van der Waals surface area contributed by atoms with Crippen LogP contribution in [-0.2, 0) is 14.3 Å². The molecule has 0 aromatic rings. The highest BCUT2D eigenvalue weighted by molar-refractivity contribution is 5.70. The highest BCUT2D eigenvalue weighted by Gasteiger charge is 2.31. The lowest BCUT2D eigenvalue weighted by molar-refractivity contribution is -0.194. The normalized spacial score (nSPS) is 20.3. The maximum absolute atomic E-state index is 12.0. The van der Waals surface area contributed by atoms with E-state index in [2.05, 4.69) is 13.8 Å². The van der Waals surface area contributed by atoms with E-state index in [1.165, 1.54) is 89.9 Å². The lowest BCUT2D eigenvalue weighted by Gasteiger charge is -2.33. The number of esters is 1. The number of hydrogen-bond donors (Lipinski definition) is 0. The molecular weight excluding hydrogens is 336 g/mol. The molecule has 0 amide bonds. The molecule has 3 atom stereocenters. The molecule has 0 spiro atoms. The third-order valence-corrected chi connectivity index (χ3v) is 6.08. The molecule has 0 aromatic carbocycles. The summed E-state index contributed by atoms with van der Waals surface area (Å²) in [7, 11) is 0. The standard InChI is InChI=1S/C24H46O3/c1-4-6-7-8-9-10-11-12-13-14-15-16-17-18-22(5-2)19-24(25)27-23-20-26-21(23)3/h21-23H,4-20H2,1-3H3. The van der Waals surface area contributed by atoms with Crippen LogP contribution in [0, 0.1) is 5.92 Å². The monoisotopic (exact) mass is 382 g/mol. The van der Waals surface area contributed by atoms with Gasteiger partial charge in [-0.2, -0.15) is 0 Å². The molecule has 3 nitrogen and oxygen atoms in total. The van der Waals surface area contributed by atoms with Crippen LogP contribution in [0.5, 0.6) is 0 Å². The Morgan fingerprint density at radius 3 is 1.81 bits per heavy atom. The minimum absolute atomic E-state index is 0.00801. The largest absolute Gasteiger partial charge is 0.457 e. The van der Waals surface area contributed by atoms with Gasteiger partial charge in [-0.15, -0.1) is 0 Å². The van der Waals surface area contributed by atoms with Crippen LogP contribution in [0.3, 0.4) is 0 Å². The molecule has 160 valence electrons. The maximum Gasteiger partial charge on any atom is 0.306 e. The fraction of sp³-hybridized carbons (Fsp3) is 0.958. The van der Waals surface area contributed by atoms with Gasteiger partial charge < -0.3 is 9.47 Å². The SMILES string of the molecule is CCCCCCCCCCCCCCCC(CC)CC(=O)OC1COC1C. The molecule has 27 heavy (non-hydrogen) atoms. The van der Waals surface area contributed by atoms with Gasteiger partial charge in [-0.05, 0) is 19.3 Å². The van der Waals surface area contributed by atoms with E-state index in [0.29, 0.717) is 18.9 Å². The van der Waals surface area contributed by atoms with Crippen LogP contribution in [0.25, 0.3) is 0 Å². The molecule has 1 aliphatic heterocycles. The van der Waals surface area contributed by atoms with Gasteiger partial charge in [0.15, 0.2) is 6.10 Å². The molecule has 0 saturated carbocycles. The molecule has 3 heteroatoms. The second kappa shape index (κ2) is 16.4. The zero-order chi connectivity index (χ0) is 19.7. The lowest BCUT2D eigenvalue weighted by Crippen LogP contribution is -2.45. The highest BCUT2D eigenvalue weighted by atomic mass is 16.6. The summed E-state index contributed by atoms with van der Waals surface area (Å²) in [6.45, 7) is 7.01. The smallest absolute Gasteiger partial charge is 0.306 e. The van der Waals surface area contributed by atoms with E-state index < -0.39 is 0 Å². The van der Waals surface area contributed by atoms with E-state index in [-0.39, 0.29) is 18.2 Å². The van der Waals surface area contributed by atoms with Crippen LogP contribution in [0.2, 0.25) is 0 Å². The molecule has 0 bridgehead atoms. The maximum atomic E-state index is 12.0. The van der Waals surface area contributed by atoms with Crippen molar-refractivity contribution in [2.45, 2.75) is 136 Å². The Morgan fingerprint density at radius 2 is 1.41 bits per heavy atom. The van der Waals surface area contributed by atoms with Crippen molar-refractivity contribution in [3.8, 4) is 0 Å². The van der Waals surface area contributed by atoms with Crippen molar-refractivity contribution < 1.29 is 14.3 Å². The summed E-state index contributed by atoms with van der Waals surface area (Å²) in [5, 5.41) is 0. The molecule has 1 aliphatic rings. The van der Waals surface area contributed by atoms with Crippen LogP contribution in [0.4, 0.5) is 0 Å². The second-order valence-corrected chi connectivity index (χ2v) is 8.58. The van der Waals surface area contributed by atoms with Crippen molar-refractivity contribution in [1.82, 2.24) is 0 Å². The highest BCUT2D eigenvalue weighted by Crippen LogP contribution is 2.22. The minimum Gasteiger partial charge on any atom is -0.457 e. The Labute approximate surface area is 169 Å². The molecule has 1 fully saturated rings. The Morgan fingerprint density at radius 1 is 0.889 bits per heavy atom. The van der Waals surface area contributed by atoms with Crippen LogP contribution in [0.1, 0.15) is 124 Å². The van der Waals surface area contributed by atoms with Crippen molar-refractivity contribution in [2.24, 2.45) is 5.92 Å². The Bertz CT molecular complexity index is 356. The molecule has 0 N–H and O–H groups in total. The number of hydrogen-bond acceptors (Lipinski definition) is 3. The number of unbranched alkanes of at least 4 members (excludes halogenated alkanes) is 12. The van der Waals surface area contributed by atoms with E-state index in [9.17, 15) is 4.79 Å². The third-order valence-electron chi connectivity index (χ3n) is 6.08. The lowest BCUT2D eigenvalue weighted by atomic mass is 9.94. The van der Waals surface area contributed by atoms with Gasteiger partial charge in [0, 0.05) is 6.42 Å². The molecule has 1 heterocycles. The van der Waals surface area contributed by atoms with Crippen LogP contribution in [0.15, 0.2) is 0 Å². The molecule has 0 aliphatic carbocycles. The minimum atomic E-state index is -0.0308. The van der Waals surface area contributed by atoms with Crippen molar-refractivity contribution in [2.75, 3.05) is 6.61 Å². The summed E-state index contributed by atoms with van der Waals surface area (Å²) in [6, 6.07) is 0. The van der Waals surface area contributed by atoms with Gasteiger partial charge >= 0.3 is 5.97 Å². The van der Waals surface area contributed by atoms with Crippen LogP contribution >= 0.6 is 0 Å². The van der Waals surface area contributed by atoms with Crippen molar-refractivity contribution in [1.29, 1.82) is 0 Å². The predicted octanol–water partition coefficient (Wildman–Crippen LogP) is 7.21. The molecular formula is C24H46O3. The molecule has 1 rings (SSSR count). The first-order valence-corrected chi connectivity index (χ1v) is 12.0. The van der Waals surface area contributed by atoms with E-state index >= 15 is 0 Å². The quantitative estimate of drug-likeness (QED) is 0.185. The van der Waals surface area contributed by atoms with Gasteiger partial charge in [-0.3, -0.25) is 4.79 Å². The summed E-state index contributed by atoms with van der Waals surface area (Å²) >= 11 is 0. The van der Waals surface area contributed by atoms with Gasteiger partial charge in [0.2, 0.25) is 0 Å². The summed E-state index contributed by atoms with van der Waals surface area (Å²) < 4.78 is 10.7. The Balaban J connectivity index is 1.87. The third kappa shape index (κ3) is 12.5. The zero-order valence-electron chi connectivity index (χ0n) is 18.5. The molecule has 3 unspecified atom stereocenters. The number of ether oxygens (including phenoxy) is 2. The van der Waals surface area contributed by atoms with Gasteiger partial charge in [0.05, 0.1) is 12.7 Å². The van der Waals surface area contributed by atoms with E-state index in [1.54, 1.807) is 0 Å². The average molecular weight is 383 g/mol. The second-order valence-electron chi connectivity index (χ2n) is 8.58. The molecule has 1 saturated heterocycles. The first kappa shape index (κ1) is 24.5. The zero-order valence-corrected chi connectivity index (χ0v) is 18.5.